The topological polar surface area (TPSA) is 95.9 Å². The molecule has 0 spiro atoms. The molecule has 0 fully saturated rings. The summed E-state index contributed by atoms with van der Waals surface area (Å²) in [6.45, 7) is 3.51. The Morgan fingerprint density at radius 2 is 1.89 bits per heavy atom. The average molecular weight is 274 g/mol. The lowest BCUT2D eigenvalue weighted by Crippen LogP contribution is -2.44. The first-order valence-electron chi connectivity index (χ1n) is 6.00. The van der Waals surface area contributed by atoms with Crippen LogP contribution in [-0.4, -0.2) is 55.2 Å². The first kappa shape index (κ1) is 17.2. The van der Waals surface area contributed by atoms with Crippen LogP contribution in [0, 0.1) is 5.41 Å². The number of nitrogens with zero attached hydrogens (tertiary/aromatic N) is 1. The zero-order chi connectivity index (χ0) is 15.1. The summed E-state index contributed by atoms with van der Waals surface area (Å²) in [5.41, 5.74) is -1.01. The van der Waals surface area contributed by atoms with Gasteiger partial charge in [0.25, 0.3) is 0 Å². The van der Waals surface area contributed by atoms with Gasteiger partial charge in [-0.3, -0.25) is 9.59 Å². The highest BCUT2D eigenvalue weighted by atomic mass is 16.5. The van der Waals surface area contributed by atoms with E-state index in [2.05, 4.69) is 10.1 Å². The van der Waals surface area contributed by atoms with Gasteiger partial charge in [-0.15, -0.1) is 0 Å². The van der Waals surface area contributed by atoms with Gasteiger partial charge in [0.05, 0.1) is 12.5 Å². The maximum atomic E-state index is 11.7. The molecule has 0 heterocycles. The second-order valence-corrected chi connectivity index (χ2v) is 4.95. The molecular formula is C12H22N2O5. The van der Waals surface area contributed by atoms with Crippen molar-refractivity contribution in [2.75, 3.05) is 27.2 Å². The van der Waals surface area contributed by atoms with Crippen LogP contribution in [0.3, 0.4) is 0 Å². The van der Waals surface area contributed by atoms with E-state index in [0.717, 1.165) is 0 Å². The summed E-state index contributed by atoms with van der Waals surface area (Å²) in [4.78, 5) is 34.8. The first-order valence-corrected chi connectivity index (χ1v) is 6.00. The highest BCUT2D eigenvalue weighted by Gasteiger charge is 2.27. The number of esters is 1. The lowest BCUT2D eigenvalue weighted by atomic mass is 9.94. The van der Waals surface area contributed by atoms with Gasteiger partial charge >= 0.3 is 18.0 Å². The SMILES string of the molecule is COC(=O)CCCN(C)C(=O)NCC(C)(C)C(=O)O. The number of ether oxygens (including phenoxy) is 1. The molecule has 0 unspecified atom stereocenters. The van der Waals surface area contributed by atoms with E-state index in [-0.39, 0.29) is 25.0 Å². The Morgan fingerprint density at radius 3 is 2.37 bits per heavy atom. The van der Waals surface area contributed by atoms with Crippen molar-refractivity contribution < 1.29 is 24.2 Å². The van der Waals surface area contributed by atoms with Crippen LogP contribution < -0.4 is 5.32 Å². The van der Waals surface area contributed by atoms with E-state index in [0.29, 0.717) is 13.0 Å². The number of rotatable bonds is 7. The standard InChI is InChI=1S/C12H22N2O5/c1-12(2,10(16)17)8-13-11(18)14(3)7-5-6-9(15)19-4/h5-8H2,1-4H3,(H,13,18)(H,16,17). The number of carboxylic acid groups (broad SMARTS) is 1. The molecule has 0 radical (unpaired) electrons. The number of hydrogen-bond acceptors (Lipinski definition) is 4. The number of aliphatic carboxylic acids is 1. The van der Waals surface area contributed by atoms with Crippen LogP contribution >= 0.6 is 0 Å². The van der Waals surface area contributed by atoms with Crippen LogP contribution in [0.4, 0.5) is 4.79 Å². The predicted molar refractivity (Wildman–Crippen MR) is 68.7 cm³/mol. The van der Waals surface area contributed by atoms with Crippen LogP contribution in [-0.2, 0) is 14.3 Å². The van der Waals surface area contributed by atoms with Crippen molar-refractivity contribution in [3.63, 3.8) is 0 Å². The fourth-order valence-electron chi connectivity index (χ4n) is 1.17. The zero-order valence-electron chi connectivity index (χ0n) is 11.9. The quantitative estimate of drug-likeness (QED) is 0.666. The fraction of sp³-hybridized carbons (Fsp3) is 0.750. The van der Waals surface area contributed by atoms with Gasteiger partial charge < -0.3 is 20.1 Å². The number of carboxylic acids is 1. The van der Waals surface area contributed by atoms with Crippen molar-refractivity contribution in [1.82, 2.24) is 10.2 Å². The molecule has 0 saturated carbocycles. The van der Waals surface area contributed by atoms with E-state index in [9.17, 15) is 14.4 Å². The van der Waals surface area contributed by atoms with Crippen molar-refractivity contribution >= 4 is 18.0 Å². The number of methoxy groups -OCH3 is 1. The molecule has 0 aromatic rings. The molecule has 7 heteroatoms. The molecule has 0 aromatic carbocycles. The summed E-state index contributed by atoms with van der Waals surface area (Å²) in [5.74, 6) is -1.29. The van der Waals surface area contributed by atoms with E-state index >= 15 is 0 Å². The normalized spacial score (nSPS) is 10.7. The van der Waals surface area contributed by atoms with Crippen molar-refractivity contribution in [1.29, 1.82) is 0 Å². The molecule has 0 aliphatic carbocycles. The molecule has 2 amide bonds. The number of amides is 2. The fourth-order valence-corrected chi connectivity index (χ4v) is 1.17. The summed E-state index contributed by atoms with van der Waals surface area (Å²) in [7, 11) is 2.90. The Bertz CT molecular complexity index is 341. The highest BCUT2D eigenvalue weighted by Crippen LogP contribution is 2.13. The number of nitrogens with one attached hydrogen (secondary N) is 1. The van der Waals surface area contributed by atoms with Gasteiger partial charge in [0.15, 0.2) is 0 Å². The first-order chi connectivity index (χ1) is 8.70. The average Bonchev–Trinajstić information content (AvgIpc) is 2.35. The largest absolute Gasteiger partial charge is 0.481 e. The molecule has 0 rings (SSSR count). The Kier molecular flexibility index (Phi) is 6.89. The van der Waals surface area contributed by atoms with Crippen LogP contribution in [0.15, 0.2) is 0 Å². The molecule has 0 aliphatic rings. The van der Waals surface area contributed by atoms with E-state index < -0.39 is 11.4 Å². The predicted octanol–water partition coefficient (Wildman–Crippen LogP) is 0.692. The lowest BCUT2D eigenvalue weighted by molar-refractivity contribution is -0.146. The third kappa shape index (κ3) is 6.64. The highest BCUT2D eigenvalue weighted by molar-refractivity contribution is 5.77. The van der Waals surface area contributed by atoms with Crippen LogP contribution in [0.25, 0.3) is 0 Å². The monoisotopic (exact) mass is 274 g/mol. The number of carbonyl (C=O) groups excluding carboxylic acids is 2. The Labute approximate surface area is 112 Å². The summed E-state index contributed by atoms with van der Waals surface area (Å²) in [5, 5.41) is 11.5. The van der Waals surface area contributed by atoms with Crippen LogP contribution in [0.2, 0.25) is 0 Å². The molecule has 110 valence electrons. The number of urea groups is 1. The second kappa shape index (κ2) is 7.60. The molecule has 0 aromatic heterocycles. The summed E-state index contributed by atoms with van der Waals surface area (Å²) < 4.78 is 4.49. The van der Waals surface area contributed by atoms with Gasteiger partial charge in [0, 0.05) is 26.6 Å². The van der Waals surface area contributed by atoms with E-state index in [1.807, 2.05) is 0 Å². The van der Waals surface area contributed by atoms with Gasteiger partial charge in [-0.1, -0.05) is 0 Å². The number of hydrogen-bond donors (Lipinski definition) is 2. The summed E-state index contributed by atoms with van der Waals surface area (Å²) >= 11 is 0. The molecule has 2 N–H and O–H groups in total. The van der Waals surface area contributed by atoms with Crippen molar-refractivity contribution in [3.05, 3.63) is 0 Å². The van der Waals surface area contributed by atoms with Crippen molar-refractivity contribution in [3.8, 4) is 0 Å². The van der Waals surface area contributed by atoms with E-state index in [1.165, 1.54) is 25.9 Å². The minimum absolute atomic E-state index is 0.0442. The molecule has 19 heavy (non-hydrogen) atoms. The van der Waals surface area contributed by atoms with Gasteiger partial charge in [-0.05, 0) is 20.3 Å². The van der Waals surface area contributed by atoms with Crippen molar-refractivity contribution in [2.24, 2.45) is 5.41 Å². The van der Waals surface area contributed by atoms with Crippen LogP contribution in [0.5, 0.6) is 0 Å². The van der Waals surface area contributed by atoms with E-state index in [4.69, 9.17) is 5.11 Å². The summed E-state index contributed by atoms with van der Waals surface area (Å²) in [6, 6.07) is -0.362. The molecule has 0 bridgehead atoms. The number of carbonyl (C=O) groups is 3. The Hall–Kier alpha value is -1.79. The third-order valence-electron chi connectivity index (χ3n) is 2.71. The molecule has 7 nitrogen and oxygen atoms in total. The third-order valence-corrected chi connectivity index (χ3v) is 2.71. The molecular weight excluding hydrogens is 252 g/mol. The molecule has 0 saturated heterocycles. The second-order valence-electron chi connectivity index (χ2n) is 4.95. The van der Waals surface area contributed by atoms with Gasteiger partial charge in [-0.2, -0.15) is 0 Å². The summed E-state index contributed by atoms with van der Waals surface area (Å²) in [6.07, 6.45) is 0.744. The van der Waals surface area contributed by atoms with E-state index in [1.54, 1.807) is 7.05 Å². The minimum atomic E-state index is -1.01. The Morgan fingerprint density at radius 1 is 1.32 bits per heavy atom. The van der Waals surface area contributed by atoms with Gasteiger partial charge in [0.1, 0.15) is 0 Å². The zero-order valence-corrected chi connectivity index (χ0v) is 11.9. The maximum absolute atomic E-state index is 11.7. The minimum Gasteiger partial charge on any atom is -0.481 e. The van der Waals surface area contributed by atoms with Gasteiger partial charge in [0.2, 0.25) is 0 Å². The van der Waals surface area contributed by atoms with Crippen LogP contribution in [0.1, 0.15) is 26.7 Å². The Balaban J connectivity index is 4.01. The molecule has 0 atom stereocenters. The molecule has 0 aliphatic heterocycles. The van der Waals surface area contributed by atoms with Gasteiger partial charge in [-0.25, -0.2) is 4.79 Å². The van der Waals surface area contributed by atoms with Crippen molar-refractivity contribution in [2.45, 2.75) is 26.7 Å². The smallest absolute Gasteiger partial charge is 0.317 e. The lowest BCUT2D eigenvalue weighted by Gasteiger charge is -2.23. The maximum Gasteiger partial charge on any atom is 0.317 e.